The highest BCUT2D eigenvalue weighted by molar-refractivity contribution is 5.84. The number of rotatable bonds is 12. The van der Waals surface area contributed by atoms with E-state index in [0.29, 0.717) is 0 Å². The number of hydrogen-bond acceptors (Lipinski definition) is 2. The molecule has 0 aliphatic carbocycles. The van der Waals surface area contributed by atoms with Crippen LogP contribution in [0.5, 0.6) is 0 Å². The summed E-state index contributed by atoms with van der Waals surface area (Å²) in [5.74, 6) is 0. The Bertz CT molecular complexity index is 2890. The molecule has 1 aliphatic heterocycles. The van der Waals surface area contributed by atoms with Crippen molar-refractivity contribution in [3.05, 3.63) is 227 Å². The quantitative estimate of drug-likeness (QED) is 0.115. The molecule has 9 aromatic rings. The molecule has 1 aliphatic rings. The Morgan fingerprint density at radius 3 is 1.27 bits per heavy atom. The van der Waals surface area contributed by atoms with Crippen LogP contribution in [0.25, 0.3) is 32.3 Å². The summed E-state index contributed by atoms with van der Waals surface area (Å²) < 4.78 is 9.32. The van der Waals surface area contributed by atoms with E-state index < -0.39 is 0 Å². The number of fused-ring (bicyclic) bond motifs is 3. The van der Waals surface area contributed by atoms with Crippen molar-refractivity contribution in [3.63, 3.8) is 0 Å². The van der Waals surface area contributed by atoms with Crippen LogP contribution in [0.4, 0.5) is 0 Å². The van der Waals surface area contributed by atoms with Crippen LogP contribution >= 0.6 is 0 Å². The zero-order chi connectivity index (χ0) is 40.6. The summed E-state index contributed by atoms with van der Waals surface area (Å²) in [6, 6.07) is 46.3. The predicted octanol–water partition coefficient (Wildman–Crippen LogP) is 10.2. The Hall–Kier alpha value is -6.92. The number of nitrogens with zero attached hydrogens (tertiary/aromatic N) is 6. The second kappa shape index (κ2) is 16.0. The van der Waals surface area contributed by atoms with E-state index in [2.05, 4.69) is 226 Å². The maximum Gasteiger partial charge on any atom is 0.244 e. The third-order valence-electron chi connectivity index (χ3n) is 12.7. The minimum absolute atomic E-state index is 0.820. The van der Waals surface area contributed by atoms with Gasteiger partial charge in [0.15, 0.2) is 0 Å². The van der Waals surface area contributed by atoms with E-state index in [1.54, 1.807) is 0 Å². The van der Waals surface area contributed by atoms with Gasteiger partial charge in [0.2, 0.25) is 12.7 Å². The first-order chi connectivity index (χ1) is 29.4. The molecule has 296 valence electrons. The summed E-state index contributed by atoms with van der Waals surface area (Å²) >= 11 is 0. The summed E-state index contributed by atoms with van der Waals surface area (Å²) in [7, 11) is 0. The average molecular weight is 785 g/mol. The van der Waals surface area contributed by atoms with Gasteiger partial charge < -0.3 is 9.80 Å². The van der Waals surface area contributed by atoms with Crippen molar-refractivity contribution < 1.29 is 9.13 Å². The van der Waals surface area contributed by atoms with Crippen LogP contribution < -0.4 is 9.13 Å². The van der Waals surface area contributed by atoms with Crippen LogP contribution in [0, 0.1) is 20.8 Å². The van der Waals surface area contributed by atoms with Crippen LogP contribution in [-0.2, 0) is 39.3 Å². The third-order valence-corrected chi connectivity index (χ3v) is 12.7. The molecule has 6 nitrogen and oxygen atoms in total. The molecule has 2 aromatic heterocycles. The van der Waals surface area contributed by atoms with E-state index in [1.165, 1.54) is 82.4 Å². The van der Waals surface area contributed by atoms with E-state index in [-0.39, 0.29) is 0 Å². The van der Waals surface area contributed by atoms with Crippen molar-refractivity contribution >= 4 is 32.3 Å². The molecule has 0 bridgehead atoms. The first kappa shape index (κ1) is 37.4. The monoisotopic (exact) mass is 784 g/mol. The van der Waals surface area contributed by atoms with Gasteiger partial charge in [-0.05, 0) is 110 Å². The Balaban J connectivity index is 0.917. The Labute approximate surface area is 353 Å². The van der Waals surface area contributed by atoms with Crippen molar-refractivity contribution in [2.24, 2.45) is 0 Å². The molecule has 0 N–H and O–H groups in total. The lowest BCUT2D eigenvalue weighted by molar-refractivity contribution is -0.687. The van der Waals surface area contributed by atoms with Gasteiger partial charge in [0, 0.05) is 36.6 Å². The maximum atomic E-state index is 2.47. The molecule has 6 heteroatoms. The zero-order valence-electron chi connectivity index (χ0n) is 34.9. The highest BCUT2D eigenvalue weighted by Gasteiger charge is 2.23. The second-order valence-corrected chi connectivity index (χ2v) is 16.8. The van der Waals surface area contributed by atoms with E-state index in [4.69, 9.17) is 0 Å². The second-order valence-electron chi connectivity index (χ2n) is 16.8. The molecule has 0 saturated carbocycles. The normalized spacial score (nSPS) is 12.8. The Morgan fingerprint density at radius 1 is 0.417 bits per heavy atom. The van der Waals surface area contributed by atoms with E-state index in [0.717, 1.165) is 45.9 Å². The standard InChI is InChI=1S/C54H52N6/c1-40-52(34-58-25-22-55(37-58)31-43-16-19-46-10-4-7-13-49(46)28-43)41(2)54(36-60-27-24-57(39-60)33-45-18-21-48-12-6-9-15-51(48)30-45)42(3)53(40)35-59-26-23-56(38-59)32-44-17-20-47-11-5-8-14-50(47)29-44/h4-30,37-38H,31-36,39H2,1-3H3/q+2. The van der Waals surface area contributed by atoms with Gasteiger partial charge in [-0.2, -0.15) is 0 Å². The molecule has 0 atom stereocenters. The molecule has 0 saturated heterocycles. The lowest BCUT2D eigenvalue weighted by Gasteiger charge is -2.26. The van der Waals surface area contributed by atoms with Gasteiger partial charge in [0.05, 0.1) is 6.67 Å². The number of hydrogen-bond donors (Lipinski definition) is 0. The van der Waals surface area contributed by atoms with Crippen LogP contribution in [0.3, 0.4) is 0 Å². The van der Waals surface area contributed by atoms with Crippen LogP contribution in [-0.4, -0.2) is 25.6 Å². The summed E-state index contributed by atoms with van der Waals surface area (Å²) in [6.07, 6.45) is 18.0. The molecule has 0 amide bonds. The fraction of sp³-hybridized carbons (Fsp3) is 0.185. The zero-order valence-corrected chi connectivity index (χ0v) is 34.9. The van der Waals surface area contributed by atoms with Crippen molar-refractivity contribution in [2.75, 3.05) is 6.67 Å². The van der Waals surface area contributed by atoms with Gasteiger partial charge in [-0.3, -0.25) is 0 Å². The van der Waals surface area contributed by atoms with Crippen molar-refractivity contribution in [2.45, 2.75) is 60.0 Å². The van der Waals surface area contributed by atoms with Crippen LogP contribution in [0.2, 0.25) is 0 Å². The fourth-order valence-electron chi connectivity index (χ4n) is 9.31. The van der Waals surface area contributed by atoms with Crippen molar-refractivity contribution in [1.29, 1.82) is 0 Å². The van der Waals surface area contributed by atoms with Crippen LogP contribution in [0.15, 0.2) is 177 Å². The molecule has 0 fully saturated rings. The van der Waals surface area contributed by atoms with E-state index in [1.807, 2.05) is 0 Å². The Kier molecular flexibility index (Phi) is 9.98. The van der Waals surface area contributed by atoms with Crippen LogP contribution in [0.1, 0.15) is 50.1 Å². The molecule has 7 aromatic carbocycles. The minimum atomic E-state index is 0.820. The summed E-state index contributed by atoms with van der Waals surface area (Å²) in [5, 5.41) is 7.71. The summed E-state index contributed by atoms with van der Waals surface area (Å²) in [5.41, 5.74) is 12.4. The lowest BCUT2D eigenvalue weighted by atomic mass is 9.87. The lowest BCUT2D eigenvalue weighted by Crippen LogP contribution is -2.31. The van der Waals surface area contributed by atoms with E-state index >= 15 is 0 Å². The largest absolute Gasteiger partial charge is 0.354 e. The van der Waals surface area contributed by atoms with E-state index in [9.17, 15) is 0 Å². The minimum Gasteiger partial charge on any atom is -0.354 e. The third kappa shape index (κ3) is 7.81. The Morgan fingerprint density at radius 2 is 0.800 bits per heavy atom. The first-order valence-electron chi connectivity index (χ1n) is 21.2. The topological polar surface area (TPSA) is 24.1 Å². The molecule has 60 heavy (non-hydrogen) atoms. The van der Waals surface area contributed by atoms with Gasteiger partial charge in [-0.1, -0.05) is 109 Å². The summed E-state index contributed by atoms with van der Waals surface area (Å²) in [4.78, 5) is 4.90. The SMILES string of the molecule is Cc1c(CN2C=CN(Cc3ccc4ccccc4c3)C2)c(C)c(Cn2cc[n+](Cc3ccc4ccccc4c3)c2)c(C)c1Cn1cc[n+](Cc2ccc3ccccc3c2)c1. The number of aromatic nitrogens is 4. The molecule has 0 unspecified atom stereocenters. The summed E-state index contributed by atoms with van der Waals surface area (Å²) in [6.45, 7) is 13.0. The molecular weight excluding hydrogens is 733 g/mol. The van der Waals surface area contributed by atoms with Gasteiger partial charge in [0.1, 0.15) is 51.0 Å². The highest BCUT2D eigenvalue weighted by Crippen LogP contribution is 2.31. The predicted molar refractivity (Wildman–Crippen MR) is 243 cm³/mol. The average Bonchev–Trinajstić information content (AvgIpc) is 4.04. The van der Waals surface area contributed by atoms with Gasteiger partial charge >= 0.3 is 0 Å². The first-order valence-corrected chi connectivity index (χ1v) is 21.2. The maximum absolute atomic E-state index is 2.47. The fourth-order valence-corrected chi connectivity index (χ4v) is 9.31. The molecule has 10 rings (SSSR count). The molecular formula is C54H52N6+2. The number of benzene rings is 7. The van der Waals surface area contributed by atoms with Crippen molar-refractivity contribution in [1.82, 2.24) is 18.9 Å². The van der Waals surface area contributed by atoms with Gasteiger partial charge in [-0.25, -0.2) is 18.3 Å². The van der Waals surface area contributed by atoms with Crippen molar-refractivity contribution in [3.8, 4) is 0 Å². The van der Waals surface area contributed by atoms with Gasteiger partial charge in [0.25, 0.3) is 0 Å². The molecule has 0 radical (unpaired) electrons. The van der Waals surface area contributed by atoms with Gasteiger partial charge in [-0.15, -0.1) is 0 Å². The molecule has 0 spiro atoms. The smallest absolute Gasteiger partial charge is 0.244 e. The highest BCUT2D eigenvalue weighted by atomic mass is 15.3. The molecule has 3 heterocycles. The number of imidazole rings is 2.